The fourth-order valence-corrected chi connectivity index (χ4v) is 4.42. The first-order valence-corrected chi connectivity index (χ1v) is 11.6. The lowest BCUT2D eigenvalue weighted by atomic mass is 10.0. The van der Waals surface area contributed by atoms with E-state index in [1.54, 1.807) is 32.3 Å². The van der Waals surface area contributed by atoms with Crippen LogP contribution in [0.5, 0.6) is 0 Å². The first-order chi connectivity index (χ1) is 15.9. The summed E-state index contributed by atoms with van der Waals surface area (Å²) in [4.78, 5) is 35.1. The number of fused-ring (bicyclic) bond motifs is 3. The molecule has 3 aromatic rings. The topological polar surface area (TPSA) is 125 Å². The molecule has 2 amide bonds. The minimum absolute atomic E-state index is 0.207. The van der Waals surface area contributed by atoms with E-state index in [-0.39, 0.29) is 18.4 Å². The molecule has 0 radical (unpaired) electrons. The number of H-pyrrole nitrogens is 1. The predicted octanol–water partition coefficient (Wildman–Crippen LogP) is 2.64. The largest absolute Gasteiger partial charge is 0.372 e. The number of benzene rings is 1. The van der Waals surface area contributed by atoms with E-state index in [2.05, 4.69) is 20.6 Å². The van der Waals surface area contributed by atoms with Gasteiger partial charge in [0.1, 0.15) is 6.04 Å². The average Bonchev–Trinajstić information content (AvgIpc) is 3.11. The summed E-state index contributed by atoms with van der Waals surface area (Å²) < 4.78 is 5.96. The van der Waals surface area contributed by atoms with Crippen LogP contribution >= 0.6 is 11.6 Å². The maximum atomic E-state index is 13.4. The summed E-state index contributed by atoms with van der Waals surface area (Å²) in [5, 5.41) is 8.28. The Labute approximate surface area is 203 Å². The Morgan fingerprint density at radius 2 is 2.12 bits per heavy atom. The number of nitrogens with zero attached hydrogens (tertiary/aromatic N) is 2. The van der Waals surface area contributed by atoms with Gasteiger partial charge in [0.25, 0.3) is 0 Å². The Bertz CT molecular complexity index is 1230. The highest BCUT2D eigenvalue weighted by atomic mass is 35.5. The first kappa shape index (κ1) is 24.4. The van der Waals surface area contributed by atoms with Crippen LogP contribution in [0.15, 0.2) is 30.6 Å². The lowest BCUT2D eigenvalue weighted by molar-refractivity contribution is -0.143. The Balaban J connectivity index is 1.54. The van der Waals surface area contributed by atoms with Gasteiger partial charge >= 0.3 is 0 Å². The molecule has 4 rings (SSSR count). The fourth-order valence-electron chi connectivity index (χ4n) is 4.20. The van der Waals surface area contributed by atoms with Gasteiger partial charge in [0.2, 0.25) is 11.8 Å². The Kier molecular flexibility index (Phi) is 6.56. The summed E-state index contributed by atoms with van der Waals surface area (Å²) in [7, 11) is 0. The van der Waals surface area contributed by atoms with Crippen molar-refractivity contribution < 1.29 is 14.3 Å². The molecule has 1 saturated heterocycles. The standard InChI is InChI=1S/C24H31ClN6O3/c1-23(2)13-31(8-7-28-22(33)24(3,4)26)19(12-34-23)21(32)30-17-10-14(25)9-16-15-5-6-27-11-18(15)29-20(16)17/h5-6,9-11,19,29H,7-8,12-13,26H2,1-4H3,(H,28,33)(H,30,32). The molecule has 2 aromatic heterocycles. The summed E-state index contributed by atoms with van der Waals surface area (Å²) >= 11 is 6.39. The van der Waals surface area contributed by atoms with E-state index in [0.717, 1.165) is 21.8 Å². The number of aromatic nitrogens is 2. The molecule has 1 aliphatic heterocycles. The van der Waals surface area contributed by atoms with Gasteiger partial charge in [-0.25, -0.2) is 0 Å². The number of anilines is 1. The lowest BCUT2D eigenvalue weighted by Crippen LogP contribution is -2.60. The van der Waals surface area contributed by atoms with Crippen molar-refractivity contribution in [3.8, 4) is 0 Å². The summed E-state index contributed by atoms with van der Waals surface area (Å²) in [6.07, 6.45) is 3.46. The zero-order valence-corrected chi connectivity index (χ0v) is 20.6. The van der Waals surface area contributed by atoms with Crippen LogP contribution in [-0.2, 0) is 14.3 Å². The van der Waals surface area contributed by atoms with Crippen LogP contribution in [0, 0.1) is 0 Å². The number of carbonyl (C=O) groups is 2. The van der Waals surface area contributed by atoms with Crippen LogP contribution in [0.1, 0.15) is 27.7 Å². The third kappa shape index (κ3) is 5.17. The first-order valence-electron chi connectivity index (χ1n) is 11.3. The van der Waals surface area contributed by atoms with Gasteiger partial charge in [-0.05, 0) is 45.9 Å². The van der Waals surface area contributed by atoms with Crippen molar-refractivity contribution in [3.05, 3.63) is 35.6 Å². The maximum Gasteiger partial charge on any atom is 0.244 e. The molecule has 182 valence electrons. The molecule has 1 aliphatic rings. The SMILES string of the molecule is CC1(C)CN(CCNC(=O)C(C)(C)N)C(C(=O)Nc2cc(Cl)cc3c2[nH]c2cnccc23)CO1. The van der Waals surface area contributed by atoms with E-state index in [4.69, 9.17) is 22.1 Å². The second kappa shape index (κ2) is 9.14. The molecule has 0 bridgehead atoms. The molecular formula is C24H31ClN6O3. The van der Waals surface area contributed by atoms with Crippen LogP contribution in [0.2, 0.25) is 5.02 Å². The van der Waals surface area contributed by atoms with Gasteiger partial charge < -0.3 is 26.1 Å². The molecule has 0 aliphatic carbocycles. The van der Waals surface area contributed by atoms with Crippen LogP contribution < -0.4 is 16.4 Å². The van der Waals surface area contributed by atoms with Gasteiger partial charge in [-0.3, -0.25) is 19.5 Å². The number of nitrogens with one attached hydrogen (secondary N) is 3. The lowest BCUT2D eigenvalue weighted by Gasteiger charge is -2.43. The van der Waals surface area contributed by atoms with Crippen LogP contribution in [-0.4, -0.2) is 70.1 Å². The maximum absolute atomic E-state index is 13.4. The number of hydrogen-bond donors (Lipinski definition) is 4. The van der Waals surface area contributed by atoms with E-state index in [0.29, 0.717) is 30.3 Å². The van der Waals surface area contributed by atoms with Gasteiger partial charge in [0, 0.05) is 41.6 Å². The number of halogens is 1. The van der Waals surface area contributed by atoms with Crippen molar-refractivity contribution in [2.45, 2.75) is 44.9 Å². The van der Waals surface area contributed by atoms with Gasteiger partial charge in [-0.2, -0.15) is 0 Å². The number of hydrogen-bond acceptors (Lipinski definition) is 6. The minimum atomic E-state index is -0.964. The zero-order valence-electron chi connectivity index (χ0n) is 19.9. The van der Waals surface area contributed by atoms with Crippen molar-refractivity contribution in [2.24, 2.45) is 5.73 Å². The number of amides is 2. The van der Waals surface area contributed by atoms with Crippen LogP contribution in [0.3, 0.4) is 0 Å². The van der Waals surface area contributed by atoms with Gasteiger partial charge in [-0.1, -0.05) is 11.6 Å². The average molecular weight is 487 g/mol. The zero-order chi connectivity index (χ0) is 24.7. The normalized spacial score (nSPS) is 18.8. The molecule has 9 nitrogen and oxygen atoms in total. The predicted molar refractivity (Wildman–Crippen MR) is 134 cm³/mol. The second-order valence-electron chi connectivity index (χ2n) is 9.95. The van der Waals surface area contributed by atoms with Crippen molar-refractivity contribution >= 4 is 50.9 Å². The molecule has 5 N–H and O–H groups in total. The quantitative estimate of drug-likeness (QED) is 0.424. The molecule has 3 heterocycles. The molecule has 1 aromatic carbocycles. The van der Waals surface area contributed by atoms with Crippen LogP contribution in [0.4, 0.5) is 5.69 Å². The smallest absolute Gasteiger partial charge is 0.244 e. The summed E-state index contributed by atoms with van der Waals surface area (Å²) in [6, 6.07) is 4.97. The number of nitrogens with two attached hydrogens (primary N) is 1. The van der Waals surface area contributed by atoms with E-state index >= 15 is 0 Å². The third-order valence-electron chi connectivity index (χ3n) is 5.96. The Hall–Kier alpha value is -2.72. The number of ether oxygens (including phenoxy) is 1. The highest BCUT2D eigenvalue weighted by molar-refractivity contribution is 6.33. The minimum Gasteiger partial charge on any atom is -0.372 e. The van der Waals surface area contributed by atoms with Gasteiger partial charge in [0.05, 0.1) is 40.7 Å². The van der Waals surface area contributed by atoms with Crippen molar-refractivity contribution in [3.63, 3.8) is 0 Å². The van der Waals surface area contributed by atoms with Gasteiger partial charge in [-0.15, -0.1) is 0 Å². The monoisotopic (exact) mass is 486 g/mol. The second-order valence-corrected chi connectivity index (χ2v) is 10.4. The molecular weight excluding hydrogens is 456 g/mol. The van der Waals surface area contributed by atoms with Crippen molar-refractivity contribution in [1.29, 1.82) is 0 Å². The molecule has 10 heteroatoms. The van der Waals surface area contributed by atoms with E-state index < -0.39 is 17.2 Å². The van der Waals surface area contributed by atoms with E-state index in [1.807, 2.05) is 30.9 Å². The number of pyridine rings is 1. The fraction of sp³-hybridized carbons (Fsp3) is 0.458. The molecule has 0 spiro atoms. The molecule has 1 unspecified atom stereocenters. The number of morpholine rings is 1. The van der Waals surface area contributed by atoms with Crippen molar-refractivity contribution in [1.82, 2.24) is 20.2 Å². The molecule has 0 saturated carbocycles. The number of rotatable bonds is 6. The number of carbonyl (C=O) groups excluding carboxylic acids is 2. The highest BCUT2D eigenvalue weighted by Gasteiger charge is 2.37. The van der Waals surface area contributed by atoms with E-state index in [9.17, 15) is 9.59 Å². The Morgan fingerprint density at radius 1 is 1.35 bits per heavy atom. The summed E-state index contributed by atoms with van der Waals surface area (Å²) in [6.45, 7) is 8.89. The number of aromatic amines is 1. The van der Waals surface area contributed by atoms with E-state index in [1.165, 1.54) is 0 Å². The Morgan fingerprint density at radius 3 is 2.85 bits per heavy atom. The van der Waals surface area contributed by atoms with Crippen LogP contribution in [0.25, 0.3) is 21.8 Å². The molecule has 1 atom stereocenters. The molecule has 1 fully saturated rings. The van der Waals surface area contributed by atoms with Gasteiger partial charge in [0.15, 0.2) is 0 Å². The highest BCUT2D eigenvalue weighted by Crippen LogP contribution is 2.33. The summed E-state index contributed by atoms with van der Waals surface area (Å²) in [5.74, 6) is -0.447. The molecule has 34 heavy (non-hydrogen) atoms. The third-order valence-corrected chi connectivity index (χ3v) is 6.18. The summed E-state index contributed by atoms with van der Waals surface area (Å²) in [5.41, 5.74) is 6.71. The van der Waals surface area contributed by atoms with Crippen molar-refractivity contribution in [2.75, 3.05) is 31.6 Å².